The first-order valence-corrected chi connectivity index (χ1v) is 5.92. The Morgan fingerprint density at radius 2 is 1.89 bits per heavy atom. The fraction of sp³-hybridized carbons (Fsp3) is 0.231. The Bertz CT molecular complexity index is 728. The zero-order valence-corrected chi connectivity index (χ0v) is 11.0. The molecule has 0 aliphatic heterocycles. The van der Waals surface area contributed by atoms with E-state index >= 15 is 0 Å². The van der Waals surface area contributed by atoms with Crippen molar-refractivity contribution in [2.45, 2.75) is 13.8 Å². The van der Waals surface area contributed by atoms with E-state index in [-0.39, 0.29) is 0 Å². The van der Waals surface area contributed by atoms with E-state index in [0.29, 0.717) is 11.7 Å². The van der Waals surface area contributed by atoms with Gasteiger partial charge in [-0.2, -0.15) is 4.98 Å². The van der Waals surface area contributed by atoms with Crippen molar-refractivity contribution in [3.63, 3.8) is 0 Å². The highest BCUT2D eigenvalue weighted by molar-refractivity contribution is 5.65. The molecule has 0 aliphatic rings. The summed E-state index contributed by atoms with van der Waals surface area (Å²) < 4.78 is 6.94. The molecule has 0 saturated heterocycles. The molecule has 96 valence electrons. The zero-order chi connectivity index (χ0) is 13.4. The van der Waals surface area contributed by atoms with Crippen LogP contribution >= 0.6 is 0 Å². The lowest BCUT2D eigenvalue weighted by Gasteiger charge is -2.03. The van der Waals surface area contributed by atoms with E-state index in [4.69, 9.17) is 4.52 Å². The SMILES string of the molecule is Cc1nc(-c2cccc(-c3nnc(C)n3C)c2)no1. The summed E-state index contributed by atoms with van der Waals surface area (Å²) in [4.78, 5) is 4.22. The van der Waals surface area contributed by atoms with Gasteiger partial charge >= 0.3 is 0 Å². The number of nitrogens with zero attached hydrogens (tertiary/aromatic N) is 5. The van der Waals surface area contributed by atoms with Crippen LogP contribution < -0.4 is 0 Å². The maximum absolute atomic E-state index is 5.00. The van der Waals surface area contributed by atoms with Gasteiger partial charge in [0.1, 0.15) is 5.82 Å². The molecule has 0 unspecified atom stereocenters. The molecule has 2 heterocycles. The van der Waals surface area contributed by atoms with Crippen molar-refractivity contribution in [3.05, 3.63) is 36.0 Å². The quantitative estimate of drug-likeness (QED) is 0.701. The summed E-state index contributed by atoms with van der Waals surface area (Å²) in [6.07, 6.45) is 0. The van der Waals surface area contributed by atoms with Crippen molar-refractivity contribution in [3.8, 4) is 22.8 Å². The molecule has 3 rings (SSSR count). The van der Waals surface area contributed by atoms with Crippen LogP contribution in [0.25, 0.3) is 22.8 Å². The van der Waals surface area contributed by atoms with E-state index in [1.165, 1.54) is 0 Å². The van der Waals surface area contributed by atoms with Crippen LogP contribution in [-0.2, 0) is 7.05 Å². The highest BCUT2D eigenvalue weighted by atomic mass is 16.5. The van der Waals surface area contributed by atoms with E-state index in [9.17, 15) is 0 Å². The highest BCUT2D eigenvalue weighted by Crippen LogP contribution is 2.23. The molecular weight excluding hydrogens is 242 g/mol. The minimum Gasteiger partial charge on any atom is -0.339 e. The third-order valence-electron chi connectivity index (χ3n) is 3.00. The first-order valence-electron chi connectivity index (χ1n) is 5.92. The second-order valence-corrected chi connectivity index (χ2v) is 4.35. The molecule has 2 aromatic heterocycles. The van der Waals surface area contributed by atoms with Crippen LogP contribution in [-0.4, -0.2) is 24.9 Å². The fourth-order valence-corrected chi connectivity index (χ4v) is 1.87. The normalized spacial score (nSPS) is 10.9. The van der Waals surface area contributed by atoms with Crippen LogP contribution in [0.4, 0.5) is 0 Å². The topological polar surface area (TPSA) is 69.6 Å². The average molecular weight is 255 g/mol. The maximum Gasteiger partial charge on any atom is 0.223 e. The summed E-state index contributed by atoms with van der Waals surface area (Å²) in [7, 11) is 1.94. The van der Waals surface area contributed by atoms with Gasteiger partial charge in [0, 0.05) is 25.1 Å². The lowest BCUT2D eigenvalue weighted by Crippen LogP contribution is -1.95. The molecule has 0 fully saturated rings. The molecule has 0 N–H and O–H groups in total. The Morgan fingerprint density at radius 1 is 1.11 bits per heavy atom. The third-order valence-corrected chi connectivity index (χ3v) is 3.00. The van der Waals surface area contributed by atoms with Crippen LogP contribution in [0.3, 0.4) is 0 Å². The molecule has 0 bridgehead atoms. The first kappa shape index (κ1) is 11.6. The van der Waals surface area contributed by atoms with E-state index < -0.39 is 0 Å². The summed E-state index contributed by atoms with van der Waals surface area (Å²) in [5, 5.41) is 12.2. The third kappa shape index (κ3) is 2.01. The van der Waals surface area contributed by atoms with Gasteiger partial charge in [0.2, 0.25) is 11.7 Å². The van der Waals surface area contributed by atoms with E-state index in [1.807, 2.05) is 42.8 Å². The van der Waals surface area contributed by atoms with Gasteiger partial charge in [0.25, 0.3) is 0 Å². The van der Waals surface area contributed by atoms with Gasteiger partial charge in [0.15, 0.2) is 5.82 Å². The number of aryl methyl sites for hydroxylation is 2. The summed E-state index contributed by atoms with van der Waals surface area (Å²) in [6.45, 7) is 3.69. The second kappa shape index (κ2) is 4.31. The molecule has 3 aromatic rings. The molecule has 19 heavy (non-hydrogen) atoms. The minimum atomic E-state index is 0.551. The summed E-state index contributed by atoms with van der Waals surface area (Å²) >= 11 is 0. The number of benzene rings is 1. The van der Waals surface area contributed by atoms with Gasteiger partial charge in [-0.25, -0.2) is 0 Å². The molecule has 0 atom stereocenters. The molecular formula is C13H13N5O. The molecule has 0 spiro atoms. The summed E-state index contributed by atoms with van der Waals surface area (Å²) in [5.41, 5.74) is 1.87. The van der Waals surface area contributed by atoms with Crippen molar-refractivity contribution < 1.29 is 4.52 Å². The molecule has 6 heteroatoms. The molecule has 0 saturated carbocycles. The van der Waals surface area contributed by atoms with Gasteiger partial charge in [-0.15, -0.1) is 10.2 Å². The van der Waals surface area contributed by atoms with Crippen molar-refractivity contribution in [1.82, 2.24) is 24.9 Å². The average Bonchev–Trinajstić information content (AvgIpc) is 2.98. The van der Waals surface area contributed by atoms with Crippen molar-refractivity contribution in [1.29, 1.82) is 0 Å². The van der Waals surface area contributed by atoms with Crippen molar-refractivity contribution in [2.24, 2.45) is 7.05 Å². The predicted molar refractivity (Wildman–Crippen MR) is 69.2 cm³/mol. The lowest BCUT2D eigenvalue weighted by molar-refractivity contribution is 0.394. The van der Waals surface area contributed by atoms with Gasteiger partial charge < -0.3 is 9.09 Å². The molecule has 0 aliphatic carbocycles. The minimum absolute atomic E-state index is 0.551. The predicted octanol–water partition coefficient (Wildman–Crippen LogP) is 2.15. The van der Waals surface area contributed by atoms with Crippen molar-refractivity contribution >= 4 is 0 Å². The van der Waals surface area contributed by atoms with E-state index in [1.54, 1.807) is 6.92 Å². The lowest BCUT2D eigenvalue weighted by atomic mass is 10.1. The summed E-state index contributed by atoms with van der Waals surface area (Å²) in [5.74, 6) is 2.82. The largest absolute Gasteiger partial charge is 0.339 e. The molecule has 0 radical (unpaired) electrons. The summed E-state index contributed by atoms with van der Waals surface area (Å²) in [6, 6.07) is 7.85. The van der Waals surface area contributed by atoms with E-state index in [0.717, 1.165) is 22.8 Å². The smallest absolute Gasteiger partial charge is 0.223 e. The molecule has 6 nitrogen and oxygen atoms in total. The monoisotopic (exact) mass is 255 g/mol. The fourth-order valence-electron chi connectivity index (χ4n) is 1.87. The Morgan fingerprint density at radius 3 is 2.53 bits per heavy atom. The second-order valence-electron chi connectivity index (χ2n) is 4.35. The van der Waals surface area contributed by atoms with Crippen molar-refractivity contribution in [2.75, 3.05) is 0 Å². The van der Waals surface area contributed by atoms with Gasteiger partial charge in [-0.05, 0) is 13.0 Å². The van der Waals surface area contributed by atoms with Gasteiger partial charge in [-0.3, -0.25) is 0 Å². The van der Waals surface area contributed by atoms with Crippen LogP contribution in [0, 0.1) is 13.8 Å². The zero-order valence-electron chi connectivity index (χ0n) is 11.0. The Balaban J connectivity index is 2.07. The Kier molecular flexibility index (Phi) is 2.63. The Hall–Kier alpha value is -2.50. The maximum atomic E-state index is 5.00. The first-order chi connectivity index (χ1) is 9.15. The van der Waals surface area contributed by atoms with Crippen LogP contribution in [0.1, 0.15) is 11.7 Å². The number of aromatic nitrogens is 5. The number of hydrogen-bond acceptors (Lipinski definition) is 5. The number of hydrogen-bond donors (Lipinski definition) is 0. The van der Waals surface area contributed by atoms with Crippen LogP contribution in [0.15, 0.2) is 28.8 Å². The Labute approximate surface area is 110 Å². The molecule has 0 amide bonds. The standard InChI is InChI=1S/C13H13N5O/c1-8-15-16-13(18(8)3)11-6-4-5-10(7-11)12-14-9(2)19-17-12/h4-7H,1-3H3. The van der Waals surface area contributed by atoms with Gasteiger partial charge in [0.05, 0.1) is 0 Å². The van der Waals surface area contributed by atoms with Crippen LogP contribution in [0.2, 0.25) is 0 Å². The number of rotatable bonds is 2. The molecule has 1 aromatic carbocycles. The van der Waals surface area contributed by atoms with Crippen LogP contribution in [0.5, 0.6) is 0 Å². The van der Waals surface area contributed by atoms with E-state index in [2.05, 4.69) is 20.3 Å². The van der Waals surface area contributed by atoms with Gasteiger partial charge in [-0.1, -0.05) is 23.4 Å². The highest BCUT2D eigenvalue weighted by Gasteiger charge is 2.11.